The van der Waals surface area contributed by atoms with Crippen molar-refractivity contribution in [3.05, 3.63) is 35.4 Å². The van der Waals surface area contributed by atoms with Crippen LogP contribution in [0.25, 0.3) is 10.8 Å². The van der Waals surface area contributed by atoms with Crippen LogP contribution in [0.2, 0.25) is 0 Å². The Bertz CT molecular complexity index is 667. The first-order valence-electron chi connectivity index (χ1n) is 6.72. The quantitative estimate of drug-likeness (QED) is 0.829. The molecule has 0 fully saturated rings. The van der Waals surface area contributed by atoms with Crippen molar-refractivity contribution < 1.29 is 19.7 Å². The summed E-state index contributed by atoms with van der Waals surface area (Å²) in [5.74, 6) is 0.550. The molecule has 2 N–H and O–H groups in total. The molecule has 4 nitrogen and oxygen atoms in total. The number of thioether (sulfide) groups is 1. The number of ether oxygens (including phenoxy) is 1. The van der Waals surface area contributed by atoms with Crippen molar-refractivity contribution in [3.8, 4) is 11.5 Å². The van der Waals surface area contributed by atoms with Crippen molar-refractivity contribution in [2.24, 2.45) is 0 Å². The van der Waals surface area contributed by atoms with Crippen molar-refractivity contribution in [3.63, 3.8) is 0 Å². The number of aryl methyl sites for hydroxylation is 1. The van der Waals surface area contributed by atoms with E-state index in [1.54, 1.807) is 30.8 Å². The number of rotatable bonds is 5. The molecule has 2 aromatic carbocycles. The average molecular weight is 306 g/mol. The second-order valence-corrected chi connectivity index (χ2v) is 5.61. The molecule has 0 unspecified atom stereocenters. The Morgan fingerprint density at radius 3 is 2.67 bits per heavy atom. The second kappa shape index (κ2) is 6.72. The van der Waals surface area contributed by atoms with E-state index in [9.17, 15) is 15.0 Å². The number of carbonyl (C=O) groups excluding carboxylic acids is 1. The summed E-state index contributed by atoms with van der Waals surface area (Å²) in [5, 5.41) is 20.8. The third-order valence-electron chi connectivity index (χ3n) is 3.24. The van der Waals surface area contributed by atoms with Crippen LogP contribution in [0.3, 0.4) is 0 Å². The van der Waals surface area contributed by atoms with Gasteiger partial charge < -0.3 is 14.9 Å². The van der Waals surface area contributed by atoms with E-state index in [0.29, 0.717) is 29.4 Å². The summed E-state index contributed by atoms with van der Waals surface area (Å²) >= 11 is 1.67. The van der Waals surface area contributed by atoms with E-state index in [1.165, 1.54) is 12.1 Å². The first-order valence-corrected chi connectivity index (χ1v) is 8.11. The van der Waals surface area contributed by atoms with Crippen LogP contribution in [0.1, 0.15) is 22.8 Å². The molecule has 112 valence electrons. The Hall–Kier alpha value is -1.88. The molecule has 0 atom stereocenters. The van der Waals surface area contributed by atoms with Gasteiger partial charge in [-0.05, 0) is 55.2 Å². The zero-order valence-electron chi connectivity index (χ0n) is 12.0. The molecule has 21 heavy (non-hydrogen) atoms. The largest absolute Gasteiger partial charge is 0.508 e. The molecule has 2 rings (SSSR count). The number of phenolic OH excluding ortho intramolecular Hbond substituents is 2. The maximum absolute atomic E-state index is 12.3. The smallest absolute Gasteiger partial charge is 0.339 e. The molecule has 0 heterocycles. The lowest BCUT2D eigenvalue weighted by atomic mass is 9.96. The normalized spacial score (nSPS) is 10.8. The first kappa shape index (κ1) is 15.5. The van der Waals surface area contributed by atoms with Crippen LogP contribution in [0.4, 0.5) is 0 Å². The standard InChI is InChI=1S/C16H18O4S/c1-3-20-16(19)15-10(6-7-21-2)8-14(18)13-9-11(17)4-5-12(13)15/h4-5,8-9,17-18H,3,6-7H2,1-2H3. The lowest BCUT2D eigenvalue weighted by Gasteiger charge is -2.13. The minimum atomic E-state index is -0.399. The van der Waals surface area contributed by atoms with Crippen molar-refractivity contribution in [2.75, 3.05) is 18.6 Å². The zero-order chi connectivity index (χ0) is 15.4. The molecule has 0 spiro atoms. The Balaban J connectivity index is 2.67. The van der Waals surface area contributed by atoms with E-state index in [4.69, 9.17) is 4.74 Å². The van der Waals surface area contributed by atoms with Gasteiger partial charge in [0.2, 0.25) is 0 Å². The molecule has 0 bridgehead atoms. The lowest BCUT2D eigenvalue weighted by Crippen LogP contribution is -2.10. The van der Waals surface area contributed by atoms with Crippen LogP contribution in [-0.4, -0.2) is 34.8 Å². The SMILES string of the molecule is CCOC(=O)c1c(CCSC)cc(O)c2cc(O)ccc12. The Labute approximate surface area is 127 Å². The average Bonchev–Trinajstić information content (AvgIpc) is 2.46. The van der Waals surface area contributed by atoms with Crippen LogP contribution in [-0.2, 0) is 11.2 Å². The highest BCUT2D eigenvalue weighted by atomic mass is 32.2. The van der Waals surface area contributed by atoms with Crippen molar-refractivity contribution in [1.82, 2.24) is 0 Å². The van der Waals surface area contributed by atoms with Crippen LogP contribution in [0.15, 0.2) is 24.3 Å². The molecule has 0 amide bonds. The van der Waals surface area contributed by atoms with Gasteiger partial charge in [-0.15, -0.1) is 0 Å². The van der Waals surface area contributed by atoms with Gasteiger partial charge in [0, 0.05) is 10.8 Å². The number of benzene rings is 2. The summed E-state index contributed by atoms with van der Waals surface area (Å²) in [6, 6.07) is 6.18. The fourth-order valence-electron chi connectivity index (χ4n) is 2.30. The first-order chi connectivity index (χ1) is 10.1. The second-order valence-electron chi connectivity index (χ2n) is 4.62. The Kier molecular flexibility index (Phi) is 4.96. The molecular formula is C16H18O4S. The summed E-state index contributed by atoms with van der Waals surface area (Å²) < 4.78 is 5.14. The van der Waals surface area contributed by atoms with Gasteiger partial charge in [-0.2, -0.15) is 11.8 Å². The van der Waals surface area contributed by atoms with Crippen LogP contribution in [0.5, 0.6) is 11.5 Å². The van der Waals surface area contributed by atoms with E-state index in [1.807, 2.05) is 6.26 Å². The minimum Gasteiger partial charge on any atom is -0.508 e. The van der Waals surface area contributed by atoms with E-state index in [0.717, 1.165) is 11.3 Å². The molecule has 5 heteroatoms. The summed E-state index contributed by atoms with van der Waals surface area (Å²) in [4.78, 5) is 12.3. The molecule has 0 aromatic heterocycles. The number of hydrogen-bond acceptors (Lipinski definition) is 5. The topological polar surface area (TPSA) is 66.8 Å². The minimum absolute atomic E-state index is 0.0458. The monoisotopic (exact) mass is 306 g/mol. The summed E-state index contributed by atoms with van der Waals surface area (Å²) in [6.07, 6.45) is 2.66. The number of aromatic hydroxyl groups is 2. The highest BCUT2D eigenvalue weighted by Crippen LogP contribution is 2.34. The summed E-state index contributed by atoms with van der Waals surface area (Å²) in [7, 11) is 0. The molecule has 2 aromatic rings. The molecule has 0 aliphatic rings. The summed E-state index contributed by atoms with van der Waals surface area (Å²) in [5.41, 5.74) is 1.23. The number of hydrogen-bond donors (Lipinski definition) is 2. The van der Waals surface area contributed by atoms with Gasteiger partial charge in [0.15, 0.2) is 0 Å². The number of carbonyl (C=O) groups is 1. The van der Waals surface area contributed by atoms with E-state index >= 15 is 0 Å². The zero-order valence-corrected chi connectivity index (χ0v) is 12.9. The van der Waals surface area contributed by atoms with E-state index < -0.39 is 5.97 Å². The molecule has 0 aliphatic carbocycles. The molecule has 0 saturated carbocycles. The highest BCUT2D eigenvalue weighted by molar-refractivity contribution is 7.98. The predicted molar refractivity (Wildman–Crippen MR) is 85.3 cm³/mol. The van der Waals surface area contributed by atoms with Gasteiger partial charge in [-0.3, -0.25) is 0 Å². The van der Waals surface area contributed by atoms with Gasteiger partial charge in [0.05, 0.1) is 12.2 Å². The number of phenols is 2. The van der Waals surface area contributed by atoms with E-state index in [2.05, 4.69) is 0 Å². The van der Waals surface area contributed by atoms with Crippen molar-refractivity contribution in [2.45, 2.75) is 13.3 Å². The molecule has 0 radical (unpaired) electrons. The predicted octanol–water partition coefficient (Wildman–Crippen LogP) is 3.33. The fourth-order valence-corrected chi connectivity index (χ4v) is 2.73. The van der Waals surface area contributed by atoms with Crippen molar-refractivity contribution in [1.29, 1.82) is 0 Å². The lowest BCUT2D eigenvalue weighted by molar-refractivity contribution is 0.0527. The Morgan fingerprint density at radius 1 is 1.24 bits per heavy atom. The van der Waals surface area contributed by atoms with Crippen LogP contribution < -0.4 is 0 Å². The van der Waals surface area contributed by atoms with Crippen molar-refractivity contribution >= 4 is 28.5 Å². The molecule has 0 saturated heterocycles. The third-order valence-corrected chi connectivity index (χ3v) is 3.85. The van der Waals surface area contributed by atoms with Crippen LogP contribution in [0, 0.1) is 0 Å². The Morgan fingerprint density at radius 2 is 2.00 bits per heavy atom. The number of fused-ring (bicyclic) bond motifs is 1. The fraction of sp³-hybridized carbons (Fsp3) is 0.312. The van der Waals surface area contributed by atoms with Gasteiger partial charge in [0.25, 0.3) is 0 Å². The van der Waals surface area contributed by atoms with Gasteiger partial charge in [-0.25, -0.2) is 4.79 Å². The highest BCUT2D eigenvalue weighted by Gasteiger charge is 2.19. The maximum Gasteiger partial charge on any atom is 0.339 e. The number of esters is 1. The van der Waals surface area contributed by atoms with Crippen LogP contribution >= 0.6 is 11.8 Å². The maximum atomic E-state index is 12.3. The van der Waals surface area contributed by atoms with Gasteiger partial charge >= 0.3 is 5.97 Å². The molecule has 0 aliphatic heterocycles. The van der Waals surface area contributed by atoms with Gasteiger partial charge in [-0.1, -0.05) is 0 Å². The van der Waals surface area contributed by atoms with Gasteiger partial charge in [0.1, 0.15) is 11.5 Å². The summed E-state index contributed by atoms with van der Waals surface area (Å²) in [6.45, 7) is 2.05. The van der Waals surface area contributed by atoms with E-state index in [-0.39, 0.29) is 11.5 Å². The molecular weight excluding hydrogens is 288 g/mol. The third kappa shape index (κ3) is 3.24.